The Hall–Kier alpha value is -1.22. The highest BCUT2D eigenvalue weighted by Gasteiger charge is 2.09. The number of ether oxygens (including phenoxy) is 1. The average molecular weight is 242 g/mol. The van der Waals surface area contributed by atoms with Gasteiger partial charge in [-0.25, -0.2) is 0 Å². The van der Waals surface area contributed by atoms with Crippen molar-refractivity contribution in [3.05, 3.63) is 28.8 Å². The van der Waals surface area contributed by atoms with Gasteiger partial charge in [0.1, 0.15) is 5.75 Å². The van der Waals surface area contributed by atoms with E-state index in [2.05, 4.69) is 0 Å². The van der Waals surface area contributed by atoms with Crippen molar-refractivity contribution in [2.24, 2.45) is 0 Å². The fourth-order valence-electron chi connectivity index (χ4n) is 1.79. The molecule has 0 saturated heterocycles. The van der Waals surface area contributed by atoms with Crippen molar-refractivity contribution in [2.75, 3.05) is 14.2 Å². The molecule has 3 nitrogen and oxygen atoms in total. The topological polar surface area (TPSA) is 29.5 Å². The monoisotopic (exact) mass is 241 g/mol. The summed E-state index contributed by atoms with van der Waals surface area (Å²) in [7, 11) is 3.33. The predicted octanol–water partition coefficient (Wildman–Crippen LogP) is 3.10. The van der Waals surface area contributed by atoms with E-state index in [-0.39, 0.29) is 0 Å². The molecule has 0 fully saturated rings. The summed E-state index contributed by atoms with van der Waals surface area (Å²) in [4.78, 5) is 12.4. The van der Waals surface area contributed by atoms with E-state index < -0.39 is 5.37 Å². The highest BCUT2D eigenvalue weighted by molar-refractivity contribution is 6.62. The minimum absolute atomic E-state index is 0.453. The van der Waals surface area contributed by atoms with Gasteiger partial charge in [-0.05, 0) is 42.1 Å². The lowest BCUT2D eigenvalue weighted by Gasteiger charge is -2.16. The molecule has 4 heteroatoms. The Bertz CT molecular complexity index is 381. The van der Waals surface area contributed by atoms with Gasteiger partial charge >= 0.3 is 5.37 Å². The van der Waals surface area contributed by atoms with Crippen LogP contribution in [0, 0.1) is 13.8 Å². The summed E-state index contributed by atoms with van der Waals surface area (Å²) >= 11 is 5.38. The summed E-state index contributed by atoms with van der Waals surface area (Å²) in [6.07, 6.45) is 0. The van der Waals surface area contributed by atoms with E-state index in [1.54, 1.807) is 14.2 Å². The molecule has 0 spiro atoms. The first-order chi connectivity index (χ1) is 7.45. The lowest BCUT2D eigenvalue weighted by Crippen LogP contribution is -2.20. The summed E-state index contributed by atoms with van der Waals surface area (Å²) in [5, 5.41) is -0.453. The van der Waals surface area contributed by atoms with Gasteiger partial charge in [-0.3, -0.25) is 4.79 Å². The number of nitrogens with zero attached hydrogens (tertiary/aromatic N) is 1. The molecule has 16 heavy (non-hydrogen) atoms. The molecular weight excluding hydrogens is 226 g/mol. The van der Waals surface area contributed by atoms with E-state index in [1.165, 1.54) is 4.90 Å². The summed E-state index contributed by atoms with van der Waals surface area (Å²) in [6.45, 7) is 4.48. The minimum Gasteiger partial charge on any atom is -0.496 e. The summed E-state index contributed by atoms with van der Waals surface area (Å²) in [6, 6.07) is 4.00. The van der Waals surface area contributed by atoms with Gasteiger partial charge in [-0.1, -0.05) is 12.1 Å². The van der Waals surface area contributed by atoms with Crippen molar-refractivity contribution >= 4 is 17.0 Å². The minimum atomic E-state index is -0.453. The molecule has 0 aliphatic heterocycles. The number of hydrogen-bond acceptors (Lipinski definition) is 2. The van der Waals surface area contributed by atoms with Crippen LogP contribution in [0.15, 0.2) is 12.1 Å². The van der Waals surface area contributed by atoms with Crippen molar-refractivity contribution < 1.29 is 9.53 Å². The number of carbonyl (C=O) groups excluding carboxylic acids is 1. The second-order valence-electron chi connectivity index (χ2n) is 3.87. The van der Waals surface area contributed by atoms with E-state index >= 15 is 0 Å². The smallest absolute Gasteiger partial charge is 0.316 e. The Morgan fingerprint density at radius 2 is 1.88 bits per heavy atom. The molecule has 0 heterocycles. The predicted molar refractivity (Wildman–Crippen MR) is 65.2 cm³/mol. The van der Waals surface area contributed by atoms with Crippen LogP contribution in [0.4, 0.5) is 4.79 Å². The van der Waals surface area contributed by atoms with E-state index in [4.69, 9.17) is 16.3 Å². The molecule has 0 bridgehead atoms. The third-order valence-corrected chi connectivity index (χ3v) is 2.73. The summed E-state index contributed by atoms with van der Waals surface area (Å²) in [5.74, 6) is 0.892. The van der Waals surface area contributed by atoms with Crippen LogP contribution < -0.4 is 4.74 Å². The molecule has 1 amide bonds. The maximum absolute atomic E-state index is 10.9. The molecule has 0 atom stereocenters. The maximum Gasteiger partial charge on any atom is 0.316 e. The third-order valence-electron chi connectivity index (χ3n) is 2.44. The quantitative estimate of drug-likeness (QED) is 0.601. The van der Waals surface area contributed by atoms with Gasteiger partial charge in [0, 0.05) is 13.6 Å². The molecule has 88 valence electrons. The van der Waals surface area contributed by atoms with Gasteiger partial charge < -0.3 is 9.64 Å². The Morgan fingerprint density at radius 1 is 1.38 bits per heavy atom. The van der Waals surface area contributed by atoms with Gasteiger partial charge in [0.25, 0.3) is 0 Å². The average Bonchev–Trinajstić information content (AvgIpc) is 2.16. The molecule has 0 radical (unpaired) electrons. The van der Waals surface area contributed by atoms with Crippen molar-refractivity contribution in [1.82, 2.24) is 4.90 Å². The largest absolute Gasteiger partial charge is 0.496 e. The van der Waals surface area contributed by atoms with Gasteiger partial charge in [0.05, 0.1) is 7.11 Å². The van der Waals surface area contributed by atoms with Crippen LogP contribution in [0.5, 0.6) is 5.75 Å². The van der Waals surface area contributed by atoms with Gasteiger partial charge in [0.2, 0.25) is 0 Å². The van der Waals surface area contributed by atoms with Crippen LogP contribution in [0.3, 0.4) is 0 Å². The SMILES string of the molecule is COc1c(C)cc(CN(C)C(=O)Cl)cc1C. The van der Waals surface area contributed by atoms with Crippen LogP contribution in [-0.4, -0.2) is 24.4 Å². The van der Waals surface area contributed by atoms with Crippen molar-refractivity contribution in [3.8, 4) is 5.75 Å². The summed E-state index contributed by atoms with van der Waals surface area (Å²) in [5.41, 5.74) is 3.17. The Balaban J connectivity index is 2.96. The lowest BCUT2D eigenvalue weighted by molar-refractivity contribution is 0.230. The Morgan fingerprint density at radius 3 is 2.25 bits per heavy atom. The van der Waals surface area contributed by atoms with Gasteiger partial charge in [-0.15, -0.1) is 0 Å². The van der Waals surface area contributed by atoms with E-state index in [0.717, 1.165) is 22.4 Å². The number of halogens is 1. The molecule has 0 aliphatic rings. The highest BCUT2D eigenvalue weighted by Crippen LogP contribution is 2.24. The van der Waals surface area contributed by atoms with Crippen molar-refractivity contribution in [3.63, 3.8) is 0 Å². The highest BCUT2D eigenvalue weighted by atomic mass is 35.5. The van der Waals surface area contributed by atoms with E-state index in [0.29, 0.717) is 6.54 Å². The van der Waals surface area contributed by atoms with Crippen molar-refractivity contribution in [1.29, 1.82) is 0 Å². The third kappa shape index (κ3) is 2.89. The van der Waals surface area contributed by atoms with Crippen LogP contribution in [0.2, 0.25) is 0 Å². The number of methoxy groups -OCH3 is 1. The number of hydrogen-bond donors (Lipinski definition) is 0. The number of carbonyl (C=O) groups is 1. The standard InChI is InChI=1S/C12H16ClNO2/c1-8-5-10(7-14(3)12(13)15)6-9(2)11(8)16-4/h5-6H,7H2,1-4H3. The van der Waals surface area contributed by atoms with Crippen LogP contribution in [0.25, 0.3) is 0 Å². The second-order valence-corrected chi connectivity index (χ2v) is 4.20. The zero-order valence-electron chi connectivity index (χ0n) is 10.0. The lowest BCUT2D eigenvalue weighted by atomic mass is 10.1. The molecule has 1 rings (SSSR count). The van der Waals surface area contributed by atoms with Gasteiger partial charge in [-0.2, -0.15) is 0 Å². The Labute approximate surface area is 101 Å². The van der Waals surface area contributed by atoms with Crippen LogP contribution in [-0.2, 0) is 6.54 Å². The van der Waals surface area contributed by atoms with Crippen LogP contribution in [0.1, 0.15) is 16.7 Å². The van der Waals surface area contributed by atoms with Gasteiger partial charge in [0.15, 0.2) is 0 Å². The molecule has 1 aromatic carbocycles. The van der Waals surface area contributed by atoms with Crippen molar-refractivity contribution in [2.45, 2.75) is 20.4 Å². The first-order valence-electron chi connectivity index (χ1n) is 5.00. The number of aryl methyl sites for hydroxylation is 2. The first kappa shape index (κ1) is 12.8. The molecule has 0 N–H and O–H groups in total. The zero-order valence-corrected chi connectivity index (χ0v) is 10.8. The number of amides is 1. The fraction of sp³-hybridized carbons (Fsp3) is 0.417. The molecule has 0 saturated carbocycles. The number of rotatable bonds is 3. The maximum atomic E-state index is 10.9. The zero-order chi connectivity index (χ0) is 12.3. The molecule has 0 aliphatic carbocycles. The normalized spacial score (nSPS) is 10.1. The van der Waals surface area contributed by atoms with Crippen LogP contribution >= 0.6 is 11.6 Å². The first-order valence-corrected chi connectivity index (χ1v) is 5.38. The molecular formula is C12H16ClNO2. The molecule has 0 unspecified atom stereocenters. The number of benzene rings is 1. The molecule has 1 aromatic rings. The summed E-state index contributed by atoms with van der Waals surface area (Å²) < 4.78 is 5.28. The van der Waals surface area contributed by atoms with E-state index in [1.807, 2.05) is 26.0 Å². The van der Waals surface area contributed by atoms with E-state index in [9.17, 15) is 4.79 Å². The second kappa shape index (κ2) is 5.21. The molecule has 0 aromatic heterocycles. The fourth-order valence-corrected chi connectivity index (χ4v) is 1.85. The Kier molecular flexibility index (Phi) is 4.19.